The fraction of sp³-hybridized carbons (Fsp3) is 0. The van der Waals surface area contributed by atoms with E-state index in [0.717, 1.165) is 55.3 Å². The average Bonchev–Trinajstić information content (AvgIpc) is 3.96. The highest BCUT2D eigenvalue weighted by molar-refractivity contribution is 7.26. The smallest absolute Gasteiger partial charge is 0.164 e. The number of aromatic nitrogens is 4. The van der Waals surface area contributed by atoms with E-state index in [9.17, 15) is 0 Å². The summed E-state index contributed by atoms with van der Waals surface area (Å²) in [5.74, 6) is 1.85. The maximum Gasteiger partial charge on any atom is 0.164 e. The Balaban J connectivity index is 1.02. The van der Waals surface area contributed by atoms with Crippen molar-refractivity contribution in [3.8, 4) is 51.0 Å². The van der Waals surface area contributed by atoms with Crippen LogP contribution in [0.4, 0.5) is 0 Å². The molecule has 0 N–H and O–H groups in total. The van der Waals surface area contributed by atoms with Crippen LogP contribution < -0.4 is 0 Å². The summed E-state index contributed by atoms with van der Waals surface area (Å²) in [4.78, 5) is 15.0. The van der Waals surface area contributed by atoms with Crippen LogP contribution in [0.3, 0.4) is 0 Å². The zero-order valence-electron chi connectivity index (χ0n) is 30.4. The van der Waals surface area contributed by atoms with Crippen molar-refractivity contribution in [2.45, 2.75) is 0 Å². The van der Waals surface area contributed by atoms with Crippen LogP contribution in [-0.2, 0) is 0 Å². The summed E-state index contributed by atoms with van der Waals surface area (Å²) in [6.45, 7) is 0. The van der Waals surface area contributed by atoms with Crippen molar-refractivity contribution in [1.29, 1.82) is 0 Å². The molecule has 5 nitrogen and oxygen atoms in total. The van der Waals surface area contributed by atoms with Crippen molar-refractivity contribution in [3.63, 3.8) is 0 Å². The third kappa shape index (κ3) is 5.04. The Morgan fingerprint density at radius 1 is 0.404 bits per heavy atom. The molecule has 0 amide bonds. The van der Waals surface area contributed by atoms with E-state index in [1.807, 2.05) is 84.1 Å². The second-order valence-electron chi connectivity index (χ2n) is 14.4. The Morgan fingerprint density at radius 3 is 1.86 bits per heavy atom. The second kappa shape index (κ2) is 12.6. The largest absolute Gasteiger partial charge is 0.456 e. The molecule has 0 aliphatic rings. The van der Waals surface area contributed by atoms with Crippen LogP contribution in [0.1, 0.15) is 0 Å². The molecule has 0 saturated carbocycles. The summed E-state index contributed by atoms with van der Waals surface area (Å²) in [5.41, 5.74) is 10.1. The lowest BCUT2D eigenvalue weighted by Crippen LogP contribution is -2.00. The number of nitrogens with zero attached hydrogens (tertiary/aromatic N) is 4. The Bertz CT molecular complexity index is 3470. The van der Waals surface area contributed by atoms with E-state index in [-0.39, 0.29) is 0 Å². The summed E-state index contributed by atoms with van der Waals surface area (Å²) in [6, 6.07) is 63.8. The SMILES string of the molecule is c1ccc(-c2nc(-c3ccccc3)nc(-c3cccc4oc5cc(-n6c7ccccc7c7cc(-c8cccc9c8sc8ccccc89)ccc76)ccc5c34)n2)cc1. The van der Waals surface area contributed by atoms with Gasteiger partial charge in [-0.25, -0.2) is 15.0 Å². The summed E-state index contributed by atoms with van der Waals surface area (Å²) in [6.07, 6.45) is 0. The van der Waals surface area contributed by atoms with Crippen molar-refractivity contribution in [2.24, 2.45) is 0 Å². The van der Waals surface area contributed by atoms with Crippen molar-refractivity contribution in [3.05, 3.63) is 182 Å². The monoisotopic (exact) mass is 746 g/mol. The average molecular weight is 747 g/mol. The standard InChI is InChI=1S/C51H30N4OS/c1-3-13-31(14-4-1)49-52-50(32-15-5-2-6-16-32)54-51(53-49)40-21-12-23-44-47(40)39-27-26-34(30-45(39)56-44)55-42-22-9-7-17-36(42)41-29-33(25-28-43(41)55)35-19-11-20-38-37-18-8-10-24-46(37)57-48(35)38/h1-30H. The number of furan rings is 1. The zero-order valence-corrected chi connectivity index (χ0v) is 31.2. The first kappa shape index (κ1) is 31.9. The Morgan fingerprint density at radius 2 is 1.05 bits per heavy atom. The first-order valence-corrected chi connectivity index (χ1v) is 19.8. The number of benzene rings is 8. The molecule has 0 spiro atoms. The third-order valence-electron chi connectivity index (χ3n) is 11.1. The van der Waals surface area contributed by atoms with E-state index in [4.69, 9.17) is 19.4 Å². The van der Waals surface area contributed by atoms with Gasteiger partial charge in [0.25, 0.3) is 0 Å². The lowest BCUT2D eigenvalue weighted by molar-refractivity contribution is 0.668. The van der Waals surface area contributed by atoms with Crippen LogP contribution >= 0.6 is 11.3 Å². The molecule has 0 unspecified atom stereocenters. The van der Waals surface area contributed by atoms with Crippen molar-refractivity contribution in [2.75, 3.05) is 0 Å². The highest BCUT2D eigenvalue weighted by Gasteiger charge is 2.20. The lowest BCUT2D eigenvalue weighted by atomic mass is 10.0. The van der Waals surface area contributed by atoms with Crippen molar-refractivity contribution < 1.29 is 4.42 Å². The fourth-order valence-corrected chi connectivity index (χ4v) is 9.70. The minimum absolute atomic E-state index is 0.602. The molecule has 0 radical (unpaired) electrons. The summed E-state index contributed by atoms with van der Waals surface area (Å²) in [5, 5.41) is 7.03. The zero-order chi connectivity index (χ0) is 37.5. The maximum absolute atomic E-state index is 6.67. The number of hydrogen-bond acceptors (Lipinski definition) is 5. The summed E-state index contributed by atoms with van der Waals surface area (Å²) in [7, 11) is 0. The first-order valence-electron chi connectivity index (χ1n) is 19.0. The van der Waals surface area contributed by atoms with Gasteiger partial charge >= 0.3 is 0 Å². The van der Waals surface area contributed by atoms with Gasteiger partial charge in [-0.05, 0) is 53.6 Å². The fourth-order valence-electron chi connectivity index (χ4n) is 8.46. The predicted octanol–water partition coefficient (Wildman–Crippen LogP) is 13.9. The third-order valence-corrected chi connectivity index (χ3v) is 12.3. The topological polar surface area (TPSA) is 56.7 Å². The Hall–Kier alpha value is -7.41. The van der Waals surface area contributed by atoms with Gasteiger partial charge in [0.15, 0.2) is 17.5 Å². The Kier molecular flexibility index (Phi) is 7.03. The molecule has 6 heteroatoms. The van der Waals surface area contributed by atoms with Crippen LogP contribution in [0.2, 0.25) is 0 Å². The molecule has 0 saturated heterocycles. The van der Waals surface area contributed by atoms with Crippen LogP contribution in [-0.4, -0.2) is 19.5 Å². The number of fused-ring (bicyclic) bond motifs is 9. The normalized spacial score (nSPS) is 11.9. The number of para-hydroxylation sites is 1. The summed E-state index contributed by atoms with van der Waals surface area (Å²) >= 11 is 1.87. The molecule has 0 aliphatic carbocycles. The minimum atomic E-state index is 0.602. The molecule has 0 aliphatic heterocycles. The van der Waals surface area contributed by atoms with E-state index in [2.05, 4.69) is 114 Å². The van der Waals surface area contributed by atoms with Crippen LogP contribution in [0.5, 0.6) is 0 Å². The molecule has 0 atom stereocenters. The molecule has 8 aromatic carbocycles. The molecule has 12 aromatic rings. The predicted molar refractivity (Wildman–Crippen MR) is 236 cm³/mol. The van der Waals surface area contributed by atoms with E-state index < -0.39 is 0 Å². The molecule has 4 aromatic heterocycles. The quantitative estimate of drug-likeness (QED) is 0.176. The molecular weight excluding hydrogens is 717 g/mol. The number of thiophene rings is 1. The molecule has 0 bridgehead atoms. The van der Waals surface area contributed by atoms with Gasteiger partial charge in [0.05, 0.1) is 11.0 Å². The van der Waals surface area contributed by atoms with Gasteiger partial charge in [0.2, 0.25) is 0 Å². The molecule has 266 valence electrons. The summed E-state index contributed by atoms with van der Waals surface area (Å²) < 4.78 is 11.7. The lowest BCUT2D eigenvalue weighted by Gasteiger charge is -2.10. The molecule has 12 rings (SSSR count). The van der Waals surface area contributed by atoms with Crippen molar-refractivity contribution in [1.82, 2.24) is 19.5 Å². The van der Waals surface area contributed by atoms with Crippen LogP contribution in [0.15, 0.2) is 186 Å². The second-order valence-corrected chi connectivity index (χ2v) is 15.4. The highest BCUT2D eigenvalue weighted by Crippen LogP contribution is 2.43. The highest BCUT2D eigenvalue weighted by atomic mass is 32.1. The maximum atomic E-state index is 6.67. The van der Waals surface area contributed by atoms with E-state index in [0.29, 0.717) is 17.5 Å². The molecular formula is C51H30N4OS. The Labute approximate surface area is 330 Å². The van der Waals surface area contributed by atoms with E-state index >= 15 is 0 Å². The minimum Gasteiger partial charge on any atom is -0.456 e. The molecule has 4 heterocycles. The van der Waals surface area contributed by atoms with Gasteiger partial charge in [0, 0.05) is 70.2 Å². The van der Waals surface area contributed by atoms with Gasteiger partial charge in [-0.3, -0.25) is 0 Å². The van der Waals surface area contributed by atoms with Gasteiger partial charge < -0.3 is 8.98 Å². The number of rotatable bonds is 5. The van der Waals surface area contributed by atoms with Gasteiger partial charge in [0.1, 0.15) is 11.2 Å². The van der Waals surface area contributed by atoms with E-state index in [1.165, 1.54) is 42.1 Å². The van der Waals surface area contributed by atoms with Crippen LogP contribution in [0.25, 0.3) is 115 Å². The van der Waals surface area contributed by atoms with Crippen molar-refractivity contribution >= 4 is 75.3 Å². The van der Waals surface area contributed by atoms with Gasteiger partial charge in [-0.1, -0.05) is 133 Å². The number of hydrogen-bond donors (Lipinski definition) is 0. The van der Waals surface area contributed by atoms with Gasteiger partial charge in [-0.15, -0.1) is 11.3 Å². The molecule has 57 heavy (non-hydrogen) atoms. The molecule has 0 fully saturated rings. The van der Waals surface area contributed by atoms with E-state index in [1.54, 1.807) is 0 Å². The van der Waals surface area contributed by atoms with Gasteiger partial charge in [-0.2, -0.15) is 0 Å². The first-order chi connectivity index (χ1) is 28.2. The van der Waals surface area contributed by atoms with Crippen LogP contribution in [0, 0.1) is 0 Å².